The van der Waals surface area contributed by atoms with Crippen molar-refractivity contribution in [3.8, 4) is 11.5 Å². The van der Waals surface area contributed by atoms with Crippen LogP contribution in [-0.4, -0.2) is 0 Å². The molecule has 0 N–H and O–H groups in total. The first-order valence-electron chi connectivity index (χ1n) is 12.6. The molecule has 0 bridgehead atoms. The summed E-state index contributed by atoms with van der Waals surface area (Å²) in [6.07, 6.45) is 0. The van der Waals surface area contributed by atoms with E-state index in [0.717, 1.165) is 34.0 Å². The van der Waals surface area contributed by atoms with Crippen LogP contribution in [0.1, 0.15) is 11.1 Å². The highest BCUT2D eigenvalue weighted by molar-refractivity contribution is 5.86. The van der Waals surface area contributed by atoms with Crippen LogP contribution >= 0.6 is 0 Å². The highest BCUT2D eigenvalue weighted by Gasteiger charge is 2.03. The molecular formula is C34H26N2O2. The van der Waals surface area contributed by atoms with Crippen LogP contribution in [0, 0.1) is 0 Å². The molecular weight excluding hydrogens is 468 g/mol. The zero-order chi connectivity index (χ0) is 25.6. The summed E-state index contributed by atoms with van der Waals surface area (Å²) < 4.78 is 12.0. The van der Waals surface area contributed by atoms with Crippen molar-refractivity contribution in [2.45, 2.75) is 13.2 Å². The van der Waals surface area contributed by atoms with Crippen LogP contribution in [0.5, 0.6) is 11.5 Å². The molecule has 184 valence electrons. The van der Waals surface area contributed by atoms with Gasteiger partial charge in [-0.15, -0.1) is 0 Å². The van der Waals surface area contributed by atoms with E-state index in [2.05, 4.69) is 95.2 Å². The zero-order valence-corrected chi connectivity index (χ0v) is 20.8. The highest BCUT2D eigenvalue weighted by atomic mass is 16.5. The molecule has 0 atom stereocenters. The Balaban J connectivity index is 1.04. The van der Waals surface area contributed by atoms with Gasteiger partial charge in [0, 0.05) is 0 Å². The quantitative estimate of drug-likeness (QED) is 0.198. The average Bonchev–Trinajstić information content (AvgIpc) is 2.99. The Morgan fingerprint density at radius 3 is 1.24 bits per heavy atom. The molecule has 0 aliphatic carbocycles. The van der Waals surface area contributed by atoms with Gasteiger partial charge in [-0.3, -0.25) is 0 Å². The molecule has 0 aliphatic heterocycles. The first kappa shape index (κ1) is 23.4. The molecule has 4 heteroatoms. The van der Waals surface area contributed by atoms with E-state index in [0.29, 0.717) is 13.2 Å². The van der Waals surface area contributed by atoms with Crippen LogP contribution < -0.4 is 9.47 Å². The third-order valence-corrected chi connectivity index (χ3v) is 6.50. The average molecular weight is 495 g/mol. The summed E-state index contributed by atoms with van der Waals surface area (Å²) in [5.41, 5.74) is 3.85. The highest BCUT2D eigenvalue weighted by Crippen LogP contribution is 2.26. The van der Waals surface area contributed by atoms with Crippen molar-refractivity contribution in [2.24, 2.45) is 10.2 Å². The van der Waals surface area contributed by atoms with E-state index in [9.17, 15) is 0 Å². The van der Waals surface area contributed by atoms with E-state index in [4.69, 9.17) is 9.47 Å². The summed E-state index contributed by atoms with van der Waals surface area (Å²) in [5.74, 6) is 1.59. The number of benzene rings is 6. The van der Waals surface area contributed by atoms with E-state index in [1.807, 2.05) is 48.5 Å². The van der Waals surface area contributed by atoms with Crippen molar-refractivity contribution >= 4 is 32.9 Å². The normalized spacial score (nSPS) is 11.3. The lowest BCUT2D eigenvalue weighted by molar-refractivity contribution is 0.307. The van der Waals surface area contributed by atoms with Gasteiger partial charge in [0.15, 0.2) is 0 Å². The molecule has 6 rings (SSSR count). The van der Waals surface area contributed by atoms with Gasteiger partial charge in [0.2, 0.25) is 0 Å². The molecule has 38 heavy (non-hydrogen) atoms. The van der Waals surface area contributed by atoms with Gasteiger partial charge >= 0.3 is 0 Å². The van der Waals surface area contributed by atoms with Gasteiger partial charge in [-0.2, -0.15) is 10.2 Å². The standard InChI is InChI=1S/C34H26N2O2/c1-3-13-33-25(7-1)9-5-11-27(33)23-37-31-19-15-29(16-20-31)35-36-30-17-21-32(22-18-30)38-24-28-12-6-10-26-8-2-4-14-34(26)28/h1-22H,23-24H2. The van der Waals surface area contributed by atoms with E-state index >= 15 is 0 Å². The Bertz CT molecular complexity index is 1570. The first-order chi connectivity index (χ1) is 18.8. The van der Waals surface area contributed by atoms with E-state index < -0.39 is 0 Å². The molecule has 0 saturated carbocycles. The third-order valence-electron chi connectivity index (χ3n) is 6.50. The summed E-state index contributed by atoms with van der Waals surface area (Å²) in [6.45, 7) is 1.02. The number of ether oxygens (including phenoxy) is 2. The van der Waals surface area contributed by atoms with Crippen LogP contribution in [-0.2, 0) is 13.2 Å². The predicted octanol–water partition coefficient (Wildman–Crippen LogP) is 9.57. The summed E-state index contributed by atoms with van der Waals surface area (Å²) in [7, 11) is 0. The summed E-state index contributed by atoms with van der Waals surface area (Å²) in [5, 5.41) is 13.6. The molecule has 0 heterocycles. The second-order valence-electron chi connectivity index (χ2n) is 9.04. The van der Waals surface area contributed by atoms with Crippen LogP contribution in [0.15, 0.2) is 144 Å². The largest absolute Gasteiger partial charge is 0.489 e. The molecule has 0 aromatic heterocycles. The SMILES string of the molecule is c1ccc2c(COc3ccc(N=Nc4ccc(OCc5cccc6ccccc56)cc4)cc3)cccc2c1. The second kappa shape index (κ2) is 11.0. The smallest absolute Gasteiger partial charge is 0.119 e. The van der Waals surface area contributed by atoms with Crippen LogP contribution in [0.25, 0.3) is 21.5 Å². The maximum absolute atomic E-state index is 6.02. The Morgan fingerprint density at radius 2 is 0.789 bits per heavy atom. The van der Waals surface area contributed by atoms with Crippen molar-refractivity contribution in [2.75, 3.05) is 0 Å². The van der Waals surface area contributed by atoms with Gasteiger partial charge in [-0.1, -0.05) is 84.9 Å². The molecule has 0 unspecified atom stereocenters. The molecule has 0 saturated heterocycles. The van der Waals surface area contributed by atoms with Gasteiger partial charge in [0.25, 0.3) is 0 Å². The fourth-order valence-corrected chi connectivity index (χ4v) is 4.49. The number of rotatable bonds is 8. The summed E-state index contributed by atoms with van der Waals surface area (Å²) in [6, 6.07) is 44.6. The van der Waals surface area contributed by atoms with Gasteiger partial charge in [0.05, 0.1) is 11.4 Å². The zero-order valence-electron chi connectivity index (χ0n) is 20.8. The Morgan fingerprint density at radius 1 is 0.395 bits per heavy atom. The van der Waals surface area contributed by atoms with Gasteiger partial charge < -0.3 is 9.47 Å². The Labute approximate surface area is 221 Å². The Hall–Kier alpha value is -4.96. The van der Waals surface area contributed by atoms with Gasteiger partial charge in [-0.25, -0.2) is 0 Å². The van der Waals surface area contributed by atoms with E-state index in [1.54, 1.807) is 0 Å². The lowest BCUT2D eigenvalue weighted by atomic mass is 10.1. The fraction of sp³-hybridized carbons (Fsp3) is 0.0588. The number of azo groups is 1. The van der Waals surface area contributed by atoms with Crippen molar-refractivity contribution < 1.29 is 9.47 Å². The molecule has 6 aromatic rings. The van der Waals surface area contributed by atoms with E-state index in [-0.39, 0.29) is 0 Å². The minimum Gasteiger partial charge on any atom is -0.489 e. The van der Waals surface area contributed by atoms with Crippen LogP contribution in [0.3, 0.4) is 0 Å². The van der Waals surface area contributed by atoms with Crippen LogP contribution in [0.2, 0.25) is 0 Å². The third kappa shape index (κ3) is 5.40. The summed E-state index contributed by atoms with van der Waals surface area (Å²) in [4.78, 5) is 0. The second-order valence-corrected chi connectivity index (χ2v) is 9.04. The first-order valence-corrected chi connectivity index (χ1v) is 12.6. The minimum absolute atomic E-state index is 0.511. The van der Waals surface area contributed by atoms with Crippen molar-refractivity contribution in [1.29, 1.82) is 0 Å². The van der Waals surface area contributed by atoms with Crippen molar-refractivity contribution in [3.63, 3.8) is 0 Å². The fourth-order valence-electron chi connectivity index (χ4n) is 4.49. The molecule has 6 aromatic carbocycles. The minimum atomic E-state index is 0.511. The van der Waals surface area contributed by atoms with Gasteiger partial charge in [-0.05, 0) is 81.2 Å². The molecule has 0 radical (unpaired) electrons. The van der Waals surface area contributed by atoms with Crippen molar-refractivity contribution in [1.82, 2.24) is 0 Å². The lowest BCUT2D eigenvalue weighted by Crippen LogP contribution is -1.96. The monoisotopic (exact) mass is 494 g/mol. The summed E-state index contributed by atoms with van der Waals surface area (Å²) >= 11 is 0. The number of nitrogens with zero attached hydrogens (tertiary/aromatic N) is 2. The lowest BCUT2D eigenvalue weighted by Gasteiger charge is -2.09. The number of fused-ring (bicyclic) bond motifs is 2. The number of hydrogen-bond donors (Lipinski definition) is 0. The predicted molar refractivity (Wildman–Crippen MR) is 154 cm³/mol. The molecule has 0 spiro atoms. The maximum atomic E-state index is 6.02. The number of hydrogen-bond acceptors (Lipinski definition) is 4. The van der Waals surface area contributed by atoms with Gasteiger partial charge in [0.1, 0.15) is 24.7 Å². The Kier molecular flexibility index (Phi) is 6.77. The van der Waals surface area contributed by atoms with Crippen molar-refractivity contribution in [3.05, 3.63) is 145 Å². The molecule has 0 aliphatic rings. The van der Waals surface area contributed by atoms with E-state index in [1.165, 1.54) is 21.5 Å². The maximum Gasteiger partial charge on any atom is 0.119 e. The van der Waals surface area contributed by atoms with Crippen LogP contribution in [0.4, 0.5) is 11.4 Å². The topological polar surface area (TPSA) is 43.2 Å². The molecule has 0 amide bonds. The molecule has 4 nitrogen and oxygen atoms in total. The molecule has 0 fully saturated rings.